The van der Waals surface area contributed by atoms with Crippen LogP contribution in [0.1, 0.15) is 38.3 Å². The molecule has 1 saturated heterocycles. The van der Waals surface area contributed by atoms with Gasteiger partial charge < -0.3 is 29.4 Å². The van der Waals surface area contributed by atoms with Crippen molar-refractivity contribution in [3.05, 3.63) is 117 Å². The number of nitrogens with zero attached hydrogens (tertiary/aromatic N) is 5. The van der Waals surface area contributed by atoms with Gasteiger partial charge in [-0.25, -0.2) is 0 Å². The van der Waals surface area contributed by atoms with Crippen LogP contribution < -0.4 is 19.5 Å². The molecule has 15 heteroatoms. The minimum absolute atomic E-state index is 0.197. The molecule has 4 aromatic carbocycles. The van der Waals surface area contributed by atoms with E-state index in [1.165, 1.54) is 13.3 Å². The number of amides is 3. The van der Waals surface area contributed by atoms with Crippen LogP contribution in [-0.4, -0.2) is 102 Å². The maximum Gasteiger partial charge on any atom is 0.262 e. The van der Waals surface area contributed by atoms with E-state index in [1.807, 2.05) is 30.5 Å². The number of halogens is 2. The second-order valence-electron chi connectivity index (χ2n) is 14.2. The Morgan fingerprint density at radius 3 is 2.32 bits per heavy atom. The topological polar surface area (TPSA) is 153 Å². The van der Waals surface area contributed by atoms with Crippen molar-refractivity contribution in [3.63, 3.8) is 0 Å². The average molecular weight is 833 g/mol. The summed E-state index contributed by atoms with van der Waals surface area (Å²) in [7, 11) is 3.05. The van der Waals surface area contributed by atoms with Crippen LogP contribution in [0, 0.1) is 11.3 Å². The van der Waals surface area contributed by atoms with Gasteiger partial charge in [0.2, 0.25) is 5.91 Å². The van der Waals surface area contributed by atoms with E-state index in [1.54, 1.807) is 60.5 Å². The van der Waals surface area contributed by atoms with Gasteiger partial charge in [-0.2, -0.15) is 5.26 Å². The fraction of sp³-hybridized carbons (Fsp3) is 0.250. The van der Waals surface area contributed by atoms with Gasteiger partial charge >= 0.3 is 0 Å². The smallest absolute Gasteiger partial charge is 0.262 e. The van der Waals surface area contributed by atoms with Crippen molar-refractivity contribution < 1.29 is 28.6 Å². The summed E-state index contributed by atoms with van der Waals surface area (Å²) < 4.78 is 17.3. The number of rotatable bonds is 13. The lowest BCUT2D eigenvalue weighted by Gasteiger charge is -2.38. The van der Waals surface area contributed by atoms with Gasteiger partial charge in [-0.05, 0) is 42.3 Å². The Hall–Kier alpha value is -6.33. The van der Waals surface area contributed by atoms with Crippen LogP contribution in [0.15, 0.2) is 85.2 Å². The molecule has 2 N–H and O–H groups in total. The number of benzene rings is 4. The molecule has 13 nitrogen and oxygen atoms in total. The molecule has 0 bridgehead atoms. The Bertz CT molecular complexity index is 2620. The molecule has 2 aliphatic rings. The third kappa shape index (κ3) is 7.70. The lowest BCUT2D eigenvalue weighted by molar-refractivity contribution is -0.137. The molecule has 0 aliphatic carbocycles. The predicted molar refractivity (Wildman–Crippen MR) is 225 cm³/mol. The van der Waals surface area contributed by atoms with E-state index in [9.17, 15) is 19.6 Å². The van der Waals surface area contributed by atoms with Gasteiger partial charge in [0.25, 0.3) is 11.8 Å². The number of methoxy groups -OCH3 is 2. The Kier molecular flexibility index (Phi) is 11.3. The van der Waals surface area contributed by atoms with Crippen molar-refractivity contribution in [2.75, 3.05) is 58.9 Å². The Balaban J connectivity index is 0.913. The summed E-state index contributed by atoms with van der Waals surface area (Å²) in [6.07, 6.45) is 4.22. The van der Waals surface area contributed by atoms with Crippen LogP contribution in [0.4, 0.5) is 11.4 Å². The van der Waals surface area contributed by atoms with Gasteiger partial charge in [0.05, 0.1) is 64.5 Å². The van der Waals surface area contributed by atoms with E-state index in [4.69, 9.17) is 37.4 Å². The minimum atomic E-state index is -0.995. The molecule has 6 aromatic rings. The summed E-state index contributed by atoms with van der Waals surface area (Å²) in [4.78, 5) is 54.6. The number of para-hydroxylation sites is 1. The molecule has 0 unspecified atom stereocenters. The number of carbonyl (C=O) groups is 3. The summed E-state index contributed by atoms with van der Waals surface area (Å²) in [6.45, 7) is 3.25. The van der Waals surface area contributed by atoms with Crippen molar-refractivity contribution in [1.82, 2.24) is 24.7 Å². The second kappa shape index (κ2) is 16.9. The van der Waals surface area contributed by atoms with Crippen molar-refractivity contribution >= 4 is 74.1 Å². The zero-order valence-electron chi connectivity index (χ0n) is 32.3. The lowest BCUT2D eigenvalue weighted by Crippen LogP contribution is -2.56. The highest BCUT2D eigenvalue weighted by Crippen LogP contribution is 2.40. The maximum absolute atomic E-state index is 14.3. The molecule has 0 spiro atoms. The van der Waals surface area contributed by atoms with Crippen molar-refractivity contribution in [2.24, 2.45) is 0 Å². The summed E-state index contributed by atoms with van der Waals surface area (Å²) in [5.41, 5.74) is 4.26. The predicted octanol–water partition coefficient (Wildman–Crippen LogP) is 7.48. The number of hydrogen-bond donors (Lipinski definition) is 2. The fourth-order valence-corrected chi connectivity index (χ4v) is 8.28. The normalized spacial score (nSPS) is 14.7. The van der Waals surface area contributed by atoms with E-state index >= 15 is 0 Å². The van der Waals surface area contributed by atoms with Crippen LogP contribution in [-0.2, 0) is 11.2 Å². The zero-order chi connectivity index (χ0) is 41.2. The quantitative estimate of drug-likeness (QED) is 0.0885. The van der Waals surface area contributed by atoms with Crippen molar-refractivity contribution in [3.8, 4) is 23.3 Å². The Labute approximate surface area is 350 Å². The molecule has 1 atom stereocenters. The summed E-state index contributed by atoms with van der Waals surface area (Å²) >= 11 is 12.7. The zero-order valence-corrected chi connectivity index (χ0v) is 33.8. The van der Waals surface area contributed by atoms with Crippen LogP contribution in [0.5, 0.6) is 17.2 Å². The number of pyridine rings is 1. The van der Waals surface area contributed by atoms with Gasteiger partial charge in [-0.15, -0.1) is 0 Å². The number of anilines is 2. The van der Waals surface area contributed by atoms with E-state index < -0.39 is 17.9 Å². The molecule has 4 heterocycles. The number of fused-ring (bicyclic) bond motifs is 3. The van der Waals surface area contributed by atoms with Crippen LogP contribution in [0.25, 0.3) is 21.8 Å². The maximum atomic E-state index is 14.3. The van der Waals surface area contributed by atoms with E-state index in [-0.39, 0.29) is 12.3 Å². The highest BCUT2D eigenvalue weighted by Gasteiger charge is 2.44. The standard InChI is InChI=1S/C44H39Cl2N7O6/c1-57-38-22-36(32(45)20-33(38)46)50-41-27(23-47)25-49-35-21-40(39(58-2)19-31(35)41)59-17-7-12-51-13-15-52(16-14-51)44(56)37(18-26-24-48-34-11-6-5-8-28(26)34)53-42(54)29-9-3-4-10-30(29)43(53)55/h3-6,8-11,19-22,24-25,37,48H,7,12-18H2,1-2H3,(H,49,50)/t37-/m0/s1. The lowest BCUT2D eigenvalue weighted by atomic mass is 10.0. The number of carbonyl (C=O) groups excluding carboxylic acids is 3. The van der Waals surface area contributed by atoms with Gasteiger partial charge in [-0.1, -0.05) is 53.5 Å². The Morgan fingerprint density at radius 1 is 0.898 bits per heavy atom. The van der Waals surface area contributed by atoms with Gasteiger partial charge in [0, 0.05) is 80.0 Å². The number of imide groups is 1. The molecule has 2 aromatic heterocycles. The number of nitrogens with one attached hydrogen (secondary N) is 2. The highest BCUT2D eigenvalue weighted by molar-refractivity contribution is 6.37. The third-order valence-corrected chi connectivity index (χ3v) is 11.5. The first kappa shape index (κ1) is 39.5. The molecule has 3 amide bonds. The first-order valence-corrected chi connectivity index (χ1v) is 19.8. The number of aromatic nitrogens is 2. The average Bonchev–Trinajstić information content (AvgIpc) is 3.78. The van der Waals surface area contributed by atoms with Crippen LogP contribution in [0.2, 0.25) is 10.0 Å². The molecule has 8 rings (SSSR count). The number of aromatic amines is 1. The van der Waals surface area contributed by atoms with Crippen LogP contribution in [0.3, 0.4) is 0 Å². The minimum Gasteiger partial charge on any atom is -0.495 e. The summed E-state index contributed by atoms with van der Waals surface area (Å²) in [5.74, 6) is 0.234. The van der Waals surface area contributed by atoms with E-state index in [0.717, 1.165) is 27.9 Å². The SMILES string of the molecule is COc1cc(Nc2c(C#N)cnc3cc(OCCCN4CCN(C(=O)[C@H](Cc5c[nH]c6ccccc56)N5C(=O)c6ccccc6C5=O)CC4)c(OC)cc23)c(Cl)cc1Cl. The summed E-state index contributed by atoms with van der Waals surface area (Å²) in [5, 5.41) is 15.5. The van der Waals surface area contributed by atoms with E-state index in [2.05, 4.69) is 26.3 Å². The monoisotopic (exact) mass is 831 g/mol. The first-order chi connectivity index (χ1) is 28.7. The highest BCUT2D eigenvalue weighted by atomic mass is 35.5. The van der Waals surface area contributed by atoms with E-state index in [0.29, 0.717) is 105 Å². The first-order valence-electron chi connectivity index (χ1n) is 19.1. The van der Waals surface area contributed by atoms with Crippen molar-refractivity contribution in [1.29, 1.82) is 5.26 Å². The largest absolute Gasteiger partial charge is 0.495 e. The van der Waals surface area contributed by atoms with Gasteiger partial charge in [0.1, 0.15) is 17.9 Å². The summed E-state index contributed by atoms with van der Waals surface area (Å²) in [6, 6.07) is 22.5. The number of H-pyrrole nitrogens is 1. The number of hydrogen-bond acceptors (Lipinski definition) is 10. The molecular formula is C44H39Cl2N7O6. The van der Waals surface area contributed by atoms with Crippen molar-refractivity contribution in [2.45, 2.75) is 18.9 Å². The number of ether oxygens (including phenoxy) is 3. The second-order valence-corrected chi connectivity index (χ2v) is 15.1. The number of piperazine rings is 1. The Morgan fingerprint density at radius 2 is 1.61 bits per heavy atom. The molecule has 0 radical (unpaired) electrons. The molecule has 2 aliphatic heterocycles. The molecule has 0 saturated carbocycles. The molecule has 59 heavy (non-hydrogen) atoms. The van der Waals surface area contributed by atoms with Gasteiger partial charge in [-0.3, -0.25) is 29.2 Å². The number of nitriles is 1. The molecule has 1 fully saturated rings. The molecule has 300 valence electrons. The third-order valence-electron chi connectivity index (χ3n) is 10.8. The molecular weight excluding hydrogens is 793 g/mol. The van der Waals surface area contributed by atoms with Gasteiger partial charge in [0.15, 0.2) is 11.5 Å². The fourth-order valence-electron chi connectivity index (χ4n) is 7.77. The van der Waals surface area contributed by atoms with Crippen LogP contribution >= 0.6 is 23.2 Å².